The molecule has 0 bridgehead atoms. The van der Waals surface area contributed by atoms with E-state index in [1.807, 2.05) is 18.2 Å². The van der Waals surface area contributed by atoms with Gasteiger partial charge in [0.2, 0.25) is 0 Å². The van der Waals surface area contributed by atoms with Crippen molar-refractivity contribution in [2.75, 3.05) is 18.4 Å². The van der Waals surface area contributed by atoms with Gasteiger partial charge in [0.05, 0.1) is 11.7 Å². The van der Waals surface area contributed by atoms with E-state index in [4.69, 9.17) is 0 Å². The number of rotatable bonds is 9. The smallest absolute Gasteiger partial charge is 0.253 e. The molecule has 1 aromatic carbocycles. The summed E-state index contributed by atoms with van der Waals surface area (Å²) in [5, 5.41) is 16.2. The van der Waals surface area contributed by atoms with Crippen LogP contribution in [0, 0.1) is 5.92 Å². The molecule has 0 aliphatic heterocycles. The van der Waals surface area contributed by atoms with Crippen LogP contribution >= 0.6 is 0 Å². The number of amides is 1. The highest BCUT2D eigenvalue weighted by atomic mass is 16.3. The van der Waals surface area contributed by atoms with Crippen LogP contribution in [0.3, 0.4) is 0 Å². The summed E-state index contributed by atoms with van der Waals surface area (Å²) < 4.78 is 0. The Morgan fingerprint density at radius 3 is 2.48 bits per heavy atom. The Hall–Kier alpha value is -1.55. The molecule has 4 heteroatoms. The third-order valence-electron chi connectivity index (χ3n) is 3.80. The second-order valence-corrected chi connectivity index (χ2v) is 5.33. The van der Waals surface area contributed by atoms with Crippen LogP contribution in [0.25, 0.3) is 0 Å². The number of para-hydroxylation sites is 1. The molecule has 1 atom stereocenters. The van der Waals surface area contributed by atoms with Crippen LogP contribution in [0.15, 0.2) is 24.3 Å². The molecule has 0 fully saturated rings. The molecular weight excluding hydrogens is 264 g/mol. The summed E-state index contributed by atoms with van der Waals surface area (Å²) in [7, 11) is 0. The molecule has 0 radical (unpaired) electrons. The van der Waals surface area contributed by atoms with Gasteiger partial charge in [-0.1, -0.05) is 45.7 Å². The number of aliphatic hydroxyl groups is 1. The van der Waals surface area contributed by atoms with E-state index in [1.54, 1.807) is 6.07 Å². The molecule has 21 heavy (non-hydrogen) atoms. The molecule has 0 aromatic heterocycles. The maximum atomic E-state index is 12.3. The third-order valence-corrected chi connectivity index (χ3v) is 3.80. The summed E-state index contributed by atoms with van der Waals surface area (Å²) in [6, 6.07) is 7.47. The number of nitrogens with one attached hydrogen (secondary N) is 2. The average molecular weight is 292 g/mol. The number of anilines is 1. The first-order valence-electron chi connectivity index (χ1n) is 7.93. The van der Waals surface area contributed by atoms with E-state index in [0.717, 1.165) is 31.5 Å². The van der Waals surface area contributed by atoms with Gasteiger partial charge in [-0.05, 0) is 24.5 Å². The number of carbonyl (C=O) groups is 1. The third kappa shape index (κ3) is 5.38. The largest absolute Gasteiger partial charge is 0.391 e. The Bertz CT molecular complexity index is 431. The minimum atomic E-state index is -0.486. The lowest BCUT2D eigenvalue weighted by Crippen LogP contribution is -2.36. The van der Waals surface area contributed by atoms with Crippen molar-refractivity contribution in [2.24, 2.45) is 5.92 Å². The maximum Gasteiger partial charge on any atom is 0.253 e. The van der Waals surface area contributed by atoms with Crippen LogP contribution in [0.5, 0.6) is 0 Å². The topological polar surface area (TPSA) is 61.4 Å². The van der Waals surface area contributed by atoms with Crippen LogP contribution in [0.4, 0.5) is 5.69 Å². The highest BCUT2D eigenvalue weighted by Crippen LogP contribution is 2.16. The quantitative estimate of drug-likeness (QED) is 0.655. The molecule has 0 heterocycles. The second kappa shape index (κ2) is 9.40. The van der Waals surface area contributed by atoms with E-state index >= 15 is 0 Å². The SMILES string of the molecule is CCCNc1ccccc1C(=O)NCC(O)C(CC)CC. The number of aliphatic hydroxyl groups excluding tert-OH is 1. The summed E-state index contributed by atoms with van der Waals surface area (Å²) in [5.41, 5.74) is 1.47. The molecule has 0 saturated heterocycles. The lowest BCUT2D eigenvalue weighted by molar-refractivity contribution is 0.0817. The van der Waals surface area contributed by atoms with Crippen molar-refractivity contribution in [2.45, 2.75) is 46.1 Å². The fourth-order valence-electron chi connectivity index (χ4n) is 2.39. The molecule has 0 aliphatic rings. The second-order valence-electron chi connectivity index (χ2n) is 5.33. The molecule has 3 N–H and O–H groups in total. The van der Waals surface area contributed by atoms with Gasteiger partial charge in [0.1, 0.15) is 0 Å². The molecule has 4 nitrogen and oxygen atoms in total. The fraction of sp³-hybridized carbons (Fsp3) is 0.588. The first kappa shape index (κ1) is 17.5. The zero-order valence-corrected chi connectivity index (χ0v) is 13.4. The van der Waals surface area contributed by atoms with E-state index in [0.29, 0.717) is 12.1 Å². The van der Waals surface area contributed by atoms with Crippen LogP contribution in [-0.2, 0) is 0 Å². The molecule has 118 valence electrons. The van der Waals surface area contributed by atoms with Gasteiger partial charge >= 0.3 is 0 Å². The number of hydrogen-bond acceptors (Lipinski definition) is 3. The summed E-state index contributed by atoms with van der Waals surface area (Å²) in [6.45, 7) is 7.34. The van der Waals surface area contributed by atoms with Crippen LogP contribution in [0.1, 0.15) is 50.4 Å². The number of carbonyl (C=O) groups excluding carboxylic acids is 1. The van der Waals surface area contributed by atoms with Crippen molar-refractivity contribution in [3.8, 4) is 0 Å². The van der Waals surface area contributed by atoms with Gasteiger partial charge in [-0.25, -0.2) is 0 Å². The van der Waals surface area contributed by atoms with Gasteiger partial charge in [0.15, 0.2) is 0 Å². The highest BCUT2D eigenvalue weighted by molar-refractivity contribution is 5.99. The van der Waals surface area contributed by atoms with Gasteiger partial charge in [0.25, 0.3) is 5.91 Å². The van der Waals surface area contributed by atoms with E-state index in [9.17, 15) is 9.90 Å². The van der Waals surface area contributed by atoms with Gasteiger partial charge in [-0.2, -0.15) is 0 Å². The number of benzene rings is 1. The van der Waals surface area contributed by atoms with Crippen LogP contribution in [-0.4, -0.2) is 30.2 Å². The van der Waals surface area contributed by atoms with Crippen molar-refractivity contribution < 1.29 is 9.90 Å². The maximum absolute atomic E-state index is 12.3. The molecular formula is C17H28N2O2. The lowest BCUT2D eigenvalue weighted by Gasteiger charge is -2.20. The summed E-state index contributed by atoms with van der Waals surface area (Å²) in [4.78, 5) is 12.3. The number of hydrogen-bond donors (Lipinski definition) is 3. The van der Waals surface area contributed by atoms with Crippen molar-refractivity contribution in [1.29, 1.82) is 0 Å². The van der Waals surface area contributed by atoms with Gasteiger partial charge in [-0.3, -0.25) is 4.79 Å². The minimum absolute atomic E-state index is 0.140. The predicted molar refractivity (Wildman–Crippen MR) is 87.6 cm³/mol. The van der Waals surface area contributed by atoms with E-state index in [-0.39, 0.29) is 11.8 Å². The summed E-state index contributed by atoms with van der Waals surface area (Å²) >= 11 is 0. The van der Waals surface area contributed by atoms with Crippen LogP contribution in [0.2, 0.25) is 0 Å². The Morgan fingerprint density at radius 1 is 1.19 bits per heavy atom. The first-order valence-corrected chi connectivity index (χ1v) is 7.93. The Morgan fingerprint density at radius 2 is 1.86 bits per heavy atom. The molecule has 0 spiro atoms. The Balaban J connectivity index is 2.63. The molecule has 0 aliphatic carbocycles. The van der Waals surface area contributed by atoms with E-state index < -0.39 is 6.10 Å². The summed E-state index contributed by atoms with van der Waals surface area (Å²) in [5.74, 6) is 0.0953. The Kier molecular flexibility index (Phi) is 7.83. The molecule has 1 unspecified atom stereocenters. The highest BCUT2D eigenvalue weighted by Gasteiger charge is 2.17. The molecule has 0 saturated carbocycles. The van der Waals surface area contributed by atoms with Crippen LogP contribution < -0.4 is 10.6 Å². The zero-order chi connectivity index (χ0) is 15.7. The van der Waals surface area contributed by atoms with Crippen molar-refractivity contribution in [3.05, 3.63) is 29.8 Å². The summed E-state index contributed by atoms with van der Waals surface area (Å²) in [6.07, 6.45) is 2.35. The first-order chi connectivity index (χ1) is 10.1. The van der Waals surface area contributed by atoms with E-state index in [2.05, 4.69) is 31.4 Å². The average Bonchev–Trinajstić information content (AvgIpc) is 2.52. The standard InChI is InChI=1S/C17H28N2O2/c1-4-11-18-15-10-8-7-9-14(15)17(21)19-12-16(20)13(5-2)6-3/h7-10,13,16,18,20H,4-6,11-12H2,1-3H3,(H,19,21). The molecule has 1 aromatic rings. The minimum Gasteiger partial charge on any atom is -0.391 e. The van der Waals surface area contributed by atoms with Gasteiger partial charge in [0, 0.05) is 18.8 Å². The normalized spacial score (nSPS) is 12.2. The fourth-order valence-corrected chi connectivity index (χ4v) is 2.39. The molecule has 1 rings (SSSR count). The van der Waals surface area contributed by atoms with Crippen molar-refractivity contribution in [1.82, 2.24) is 5.32 Å². The molecule has 1 amide bonds. The lowest BCUT2D eigenvalue weighted by atomic mass is 9.96. The van der Waals surface area contributed by atoms with E-state index in [1.165, 1.54) is 0 Å². The zero-order valence-electron chi connectivity index (χ0n) is 13.4. The van der Waals surface area contributed by atoms with Crippen molar-refractivity contribution in [3.63, 3.8) is 0 Å². The Labute approximate surface area is 128 Å². The van der Waals surface area contributed by atoms with Gasteiger partial charge < -0.3 is 15.7 Å². The van der Waals surface area contributed by atoms with Gasteiger partial charge in [-0.15, -0.1) is 0 Å². The monoisotopic (exact) mass is 292 g/mol. The van der Waals surface area contributed by atoms with Crippen molar-refractivity contribution >= 4 is 11.6 Å². The predicted octanol–water partition coefficient (Wildman–Crippen LogP) is 3.04.